The molecule has 8 heteroatoms. The zero-order valence-corrected chi connectivity index (χ0v) is 18.1. The number of nitrogens with zero attached hydrogens (tertiary/aromatic N) is 1. The highest BCUT2D eigenvalue weighted by atomic mass is 127. The van der Waals surface area contributed by atoms with E-state index in [4.69, 9.17) is 16.7 Å². The Hall–Kier alpha value is -1.61. The van der Waals surface area contributed by atoms with Crippen molar-refractivity contribution in [2.45, 2.75) is 32.7 Å². The number of aliphatic carboxylic acids is 1. The molecule has 0 aliphatic carbocycles. The van der Waals surface area contributed by atoms with Crippen LogP contribution in [0.15, 0.2) is 18.2 Å². The van der Waals surface area contributed by atoms with Crippen LogP contribution in [0.3, 0.4) is 0 Å². The van der Waals surface area contributed by atoms with Crippen LogP contribution >= 0.6 is 34.2 Å². The number of piperidine rings is 1. The Morgan fingerprint density at radius 3 is 2.56 bits per heavy atom. The minimum absolute atomic E-state index is 0.109. The fraction of sp³-hybridized carbons (Fsp3) is 0.421. The smallest absolute Gasteiger partial charge is 0.325 e. The van der Waals surface area contributed by atoms with Crippen molar-refractivity contribution < 1.29 is 19.5 Å². The molecule has 0 radical (unpaired) electrons. The first kappa shape index (κ1) is 21.7. The quantitative estimate of drug-likeness (QED) is 0.477. The van der Waals surface area contributed by atoms with Crippen LogP contribution in [0.1, 0.15) is 30.9 Å². The Balaban J connectivity index is 1.90. The van der Waals surface area contributed by atoms with Crippen molar-refractivity contribution in [3.63, 3.8) is 0 Å². The van der Waals surface area contributed by atoms with E-state index in [0.717, 1.165) is 14.7 Å². The number of carboxylic acid groups (broad SMARTS) is 1. The van der Waals surface area contributed by atoms with Crippen molar-refractivity contribution in [3.8, 4) is 0 Å². The van der Waals surface area contributed by atoms with Gasteiger partial charge in [0, 0.05) is 28.7 Å². The average molecular weight is 505 g/mol. The zero-order chi connectivity index (χ0) is 20.1. The normalized spacial score (nSPS) is 16.4. The van der Waals surface area contributed by atoms with E-state index in [-0.39, 0.29) is 17.7 Å². The summed E-state index contributed by atoms with van der Waals surface area (Å²) in [5.74, 6) is -1.71. The van der Waals surface area contributed by atoms with Crippen LogP contribution in [-0.4, -0.2) is 46.9 Å². The van der Waals surface area contributed by atoms with E-state index in [0.29, 0.717) is 31.0 Å². The number of carbonyl (C=O) groups excluding carboxylic acids is 2. The van der Waals surface area contributed by atoms with Gasteiger partial charge in [0.15, 0.2) is 0 Å². The number of benzene rings is 1. The summed E-state index contributed by atoms with van der Waals surface area (Å²) in [6.45, 7) is 4.33. The summed E-state index contributed by atoms with van der Waals surface area (Å²) < 4.78 is 0.966. The van der Waals surface area contributed by atoms with E-state index in [1.165, 1.54) is 13.0 Å². The summed E-state index contributed by atoms with van der Waals surface area (Å²) in [5, 5.41) is 12.0. The Morgan fingerprint density at radius 1 is 1.33 bits per heavy atom. The zero-order valence-electron chi connectivity index (χ0n) is 15.2. The van der Waals surface area contributed by atoms with E-state index in [2.05, 4.69) is 27.9 Å². The van der Waals surface area contributed by atoms with Crippen LogP contribution in [0, 0.1) is 16.4 Å². The molecule has 0 aromatic heterocycles. The van der Waals surface area contributed by atoms with Gasteiger partial charge < -0.3 is 15.3 Å². The van der Waals surface area contributed by atoms with E-state index in [9.17, 15) is 14.4 Å². The average Bonchev–Trinajstić information content (AvgIpc) is 2.63. The van der Waals surface area contributed by atoms with Crippen molar-refractivity contribution in [1.29, 1.82) is 0 Å². The van der Waals surface area contributed by atoms with Gasteiger partial charge in [-0.3, -0.25) is 14.4 Å². The van der Waals surface area contributed by atoms with Gasteiger partial charge in [0.1, 0.15) is 6.04 Å². The number of likely N-dealkylation sites (tertiary alicyclic amines) is 1. The van der Waals surface area contributed by atoms with E-state index in [1.807, 2.05) is 19.1 Å². The topological polar surface area (TPSA) is 86.7 Å². The van der Waals surface area contributed by atoms with E-state index >= 15 is 0 Å². The highest BCUT2D eigenvalue weighted by Gasteiger charge is 2.28. The molecule has 0 bridgehead atoms. The van der Waals surface area contributed by atoms with Crippen LogP contribution in [0.5, 0.6) is 0 Å². The van der Waals surface area contributed by atoms with Gasteiger partial charge in [-0.15, -0.1) is 0 Å². The second-order valence-corrected chi connectivity index (χ2v) is 8.19. The van der Waals surface area contributed by atoms with Crippen LogP contribution in [0.4, 0.5) is 0 Å². The molecule has 6 nitrogen and oxygen atoms in total. The molecular formula is C19H22ClIN2O4. The molecule has 1 unspecified atom stereocenters. The SMILES string of the molecule is Cc1cc(I)c(Cl)cc1C=CC(=O)N1CCC(C(=O)NC(C)C(=O)O)CC1. The summed E-state index contributed by atoms with van der Waals surface area (Å²) in [4.78, 5) is 37.0. The van der Waals surface area contributed by atoms with Crippen molar-refractivity contribution in [3.05, 3.63) is 37.9 Å². The van der Waals surface area contributed by atoms with E-state index < -0.39 is 12.0 Å². The number of carboxylic acids is 1. The number of rotatable bonds is 5. The maximum atomic E-state index is 12.4. The minimum atomic E-state index is -1.06. The number of amides is 2. The summed E-state index contributed by atoms with van der Waals surface area (Å²) in [6, 6.07) is 2.89. The van der Waals surface area contributed by atoms with Crippen LogP contribution in [-0.2, 0) is 14.4 Å². The monoisotopic (exact) mass is 504 g/mol. The number of hydrogen-bond acceptors (Lipinski definition) is 3. The van der Waals surface area contributed by atoms with Gasteiger partial charge in [-0.2, -0.15) is 0 Å². The van der Waals surface area contributed by atoms with Crippen LogP contribution < -0.4 is 5.32 Å². The van der Waals surface area contributed by atoms with Gasteiger partial charge in [0.25, 0.3) is 0 Å². The van der Waals surface area contributed by atoms with Gasteiger partial charge in [0.05, 0.1) is 5.02 Å². The van der Waals surface area contributed by atoms with Crippen molar-refractivity contribution >= 4 is 58.1 Å². The van der Waals surface area contributed by atoms with Gasteiger partial charge in [0.2, 0.25) is 11.8 Å². The molecular weight excluding hydrogens is 483 g/mol. The van der Waals surface area contributed by atoms with Crippen molar-refractivity contribution in [1.82, 2.24) is 10.2 Å². The molecule has 1 aromatic rings. The van der Waals surface area contributed by atoms with Crippen molar-refractivity contribution in [2.24, 2.45) is 5.92 Å². The molecule has 0 saturated carbocycles. The third-order valence-corrected chi connectivity index (χ3v) is 6.15. The number of hydrogen-bond donors (Lipinski definition) is 2. The highest BCUT2D eigenvalue weighted by Crippen LogP contribution is 2.24. The predicted molar refractivity (Wildman–Crippen MR) is 112 cm³/mol. The lowest BCUT2D eigenvalue weighted by molar-refractivity contribution is -0.142. The lowest BCUT2D eigenvalue weighted by Crippen LogP contribution is -2.46. The summed E-state index contributed by atoms with van der Waals surface area (Å²) >= 11 is 8.30. The maximum Gasteiger partial charge on any atom is 0.325 e. The predicted octanol–water partition coefficient (Wildman–Crippen LogP) is 3.09. The summed E-state index contributed by atoms with van der Waals surface area (Å²) in [5.41, 5.74) is 1.93. The molecule has 146 valence electrons. The Bertz CT molecular complexity index is 773. The molecule has 1 atom stereocenters. The minimum Gasteiger partial charge on any atom is -0.480 e. The summed E-state index contributed by atoms with van der Waals surface area (Å²) in [6.07, 6.45) is 4.32. The largest absolute Gasteiger partial charge is 0.480 e. The first-order valence-electron chi connectivity index (χ1n) is 8.65. The Morgan fingerprint density at radius 2 is 1.96 bits per heavy atom. The molecule has 1 aliphatic heterocycles. The number of carbonyl (C=O) groups is 3. The number of aryl methyl sites for hydroxylation is 1. The first-order valence-corrected chi connectivity index (χ1v) is 10.1. The Labute approximate surface area is 177 Å². The van der Waals surface area contributed by atoms with Gasteiger partial charge in [-0.05, 0) is 78.6 Å². The second kappa shape index (κ2) is 9.54. The van der Waals surface area contributed by atoms with Crippen molar-refractivity contribution in [2.75, 3.05) is 13.1 Å². The fourth-order valence-electron chi connectivity index (χ4n) is 2.86. The maximum absolute atomic E-state index is 12.4. The van der Waals surface area contributed by atoms with Gasteiger partial charge in [-0.1, -0.05) is 11.6 Å². The third-order valence-electron chi connectivity index (χ3n) is 4.62. The molecule has 2 N–H and O–H groups in total. The summed E-state index contributed by atoms with van der Waals surface area (Å²) in [7, 11) is 0. The molecule has 1 heterocycles. The van der Waals surface area contributed by atoms with Crippen LogP contribution in [0.25, 0.3) is 6.08 Å². The first-order chi connectivity index (χ1) is 12.7. The second-order valence-electron chi connectivity index (χ2n) is 6.62. The molecule has 1 saturated heterocycles. The lowest BCUT2D eigenvalue weighted by atomic mass is 9.95. The third kappa shape index (κ3) is 5.93. The molecule has 2 rings (SSSR count). The molecule has 1 fully saturated rings. The standard InChI is InChI=1S/C19H22ClIN2O4/c1-11-9-16(21)15(20)10-14(11)3-4-17(24)23-7-5-13(6-8-23)18(25)22-12(2)19(26)27/h3-4,9-10,12-13H,5-8H2,1-2H3,(H,22,25)(H,26,27). The van der Waals surface area contributed by atoms with Crippen LogP contribution in [0.2, 0.25) is 5.02 Å². The Kier molecular flexibility index (Phi) is 7.67. The molecule has 1 aromatic carbocycles. The molecule has 1 aliphatic rings. The molecule has 27 heavy (non-hydrogen) atoms. The van der Waals surface area contributed by atoms with Gasteiger partial charge >= 0.3 is 5.97 Å². The highest BCUT2D eigenvalue weighted by molar-refractivity contribution is 14.1. The number of halogens is 2. The number of nitrogens with one attached hydrogen (secondary N) is 1. The molecule has 0 spiro atoms. The van der Waals surface area contributed by atoms with Gasteiger partial charge in [-0.25, -0.2) is 0 Å². The van der Waals surface area contributed by atoms with E-state index in [1.54, 1.807) is 11.0 Å². The fourth-order valence-corrected chi connectivity index (χ4v) is 3.66. The lowest BCUT2D eigenvalue weighted by Gasteiger charge is -2.31. The molecule has 2 amide bonds.